The lowest BCUT2D eigenvalue weighted by Crippen LogP contribution is -2.07. The second kappa shape index (κ2) is 5.31. The molecule has 92 valence electrons. The number of pyridine rings is 1. The van der Waals surface area contributed by atoms with E-state index in [2.05, 4.69) is 4.98 Å². The number of hydrogen-bond donors (Lipinski definition) is 1. The molecule has 1 heterocycles. The van der Waals surface area contributed by atoms with E-state index in [0.29, 0.717) is 11.3 Å². The van der Waals surface area contributed by atoms with Crippen molar-refractivity contribution in [3.63, 3.8) is 0 Å². The molecule has 4 heteroatoms. The average Bonchev–Trinajstić information content (AvgIpc) is 2.40. The molecule has 0 atom stereocenters. The molecule has 2 N–H and O–H groups in total. The summed E-state index contributed by atoms with van der Waals surface area (Å²) in [5.74, 6) is -0.372. The predicted molar refractivity (Wildman–Crippen MR) is 68.9 cm³/mol. The Bertz CT molecular complexity index is 553. The Morgan fingerprint density at radius 1 is 1.39 bits per heavy atom. The van der Waals surface area contributed by atoms with Gasteiger partial charge in [-0.2, -0.15) is 0 Å². The quantitative estimate of drug-likeness (QED) is 0.662. The number of rotatable bonds is 3. The Balaban J connectivity index is 2.06. The number of ether oxygens (including phenoxy) is 1. The molecule has 2 rings (SSSR count). The number of carbonyl (C=O) groups is 1. The largest absolute Gasteiger partial charge is 0.457 e. The minimum atomic E-state index is -0.372. The van der Waals surface area contributed by atoms with Crippen LogP contribution in [0.25, 0.3) is 0 Å². The maximum atomic E-state index is 11.9. The first kappa shape index (κ1) is 12.1. The number of aryl methyl sites for hydroxylation is 1. The van der Waals surface area contributed by atoms with Gasteiger partial charge in [-0.25, -0.2) is 4.79 Å². The van der Waals surface area contributed by atoms with Crippen molar-refractivity contribution < 1.29 is 9.53 Å². The van der Waals surface area contributed by atoms with E-state index in [-0.39, 0.29) is 12.6 Å². The zero-order valence-corrected chi connectivity index (χ0v) is 10.1. The number of benzene rings is 1. The Morgan fingerprint density at radius 3 is 2.94 bits per heavy atom. The highest BCUT2D eigenvalue weighted by molar-refractivity contribution is 5.92. The first-order chi connectivity index (χ1) is 8.66. The minimum Gasteiger partial charge on any atom is -0.457 e. The van der Waals surface area contributed by atoms with Crippen molar-refractivity contribution in [3.05, 3.63) is 59.4 Å². The molecule has 0 spiro atoms. The molecule has 2 aromatic rings. The fourth-order valence-corrected chi connectivity index (χ4v) is 1.57. The van der Waals surface area contributed by atoms with Crippen LogP contribution in [-0.2, 0) is 11.3 Å². The molecular formula is C14H14N2O2. The summed E-state index contributed by atoms with van der Waals surface area (Å²) in [6, 6.07) is 8.84. The standard InChI is InChI=1S/C14H14N2O2/c1-10-4-5-12(15)7-13(10)14(17)18-9-11-3-2-6-16-8-11/h2-8H,9,15H2,1H3. The second-order valence-corrected chi connectivity index (χ2v) is 4.01. The topological polar surface area (TPSA) is 65.2 Å². The molecule has 0 radical (unpaired) electrons. The molecule has 0 bridgehead atoms. The van der Waals surface area contributed by atoms with Gasteiger partial charge in [-0.05, 0) is 30.7 Å². The molecule has 0 unspecified atom stereocenters. The summed E-state index contributed by atoms with van der Waals surface area (Å²) in [5.41, 5.74) is 8.41. The fourth-order valence-electron chi connectivity index (χ4n) is 1.57. The number of aromatic nitrogens is 1. The molecule has 0 aliphatic heterocycles. The van der Waals surface area contributed by atoms with Gasteiger partial charge in [0.15, 0.2) is 0 Å². The highest BCUT2D eigenvalue weighted by Crippen LogP contribution is 2.14. The Hall–Kier alpha value is -2.36. The van der Waals surface area contributed by atoms with Crippen molar-refractivity contribution in [2.75, 3.05) is 5.73 Å². The Labute approximate surface area is 105 Å². The van der Waals surface area contributed by atoms with Crippen LogP contribution in [0, 0.1) is 6.92 Å². The van der Waals surface area contributed by atoms with Gasteiger partial charge in [-0.3, -0.25) is 4.98 Å². The third-order valence-corrected chi connectivity index (χ3v) is 2.57. The normalized spacial score (nSPS) is 10.1. The molecular weight excluding hydrogens is 228 g/mol. The molecule has 0 saturated carbocycles. The zero-order chi connectivity index (χ0) is 13.0. The number of nitrogen functional groups attached to an aromatic ring is 1. The maximum Gasteiger partial charge on any atom is 0.338 e. The van der Waals surface area contributed by atoms with E-state index < -0.39 is 0 Å². The lowest BCUT2D eigenvalue weighted by Gasteiger charge is -2.07. The molecule has 0 saturated heterocycles. The molecule has 1 aromatic carbocycles. The monoisotopic (exact) mass is 242 g/mol. The van der Waals surface area contributed by atoms with Gasteiger partial charge >= 0.3 is 5.97 Å². The number of nitrogens with two attached hydrogens (primary N) is 1. The van der Waals surface area contributed by atoms with Gasteiger partial charge in [0.2, 0.25) is 0 Å². The van der Waals surface area contributed by atoms with Crippen LogP contribution in [0.2, 0.25) is 0 Å². The third kappa shape index (κ3) is 2.85. The van der Waals surface area contributed by atoms with E-state index in [4.69, 9.17) is 10.5 Å². The van der Waals surface area contributed by atoms with E-state index in [9.17, 15) is 4.79 Å². The summed E-state index contributed by atoms with van der Waals surface area (Å²) in [6.45, 7) is 2.06. The van der Waals surface area contributed by atoms with Gasteiger partial charge in [0, 0.05) is 23.6 Å². The second-order valence-electron chi connectivity index (χ2n) is 4.01. The molecule has 0 aliphatic carbocycles. The van der Waals surface area contributed by atoms with E-state index in [1.807, 2.05) is 13.0 Å². The third-order valence-electron chi connectivity index (χ3n) is 2.57. The smallest absolute Gasteiger partial charge is 0.338 e. The van der Waals surface area contributed by atoms with Crippen LogP contribution in [-0.4, -0.2) is 11.0 Å². The van der Waals surface area contributed by atoms with Gasteiger partial charge in [-0.1, -0.05) is 12.1 Å². The molecule has 0 amide bonds. The maximum absolute atomic E-state index is 11.9. The number of esters is 1. The molecule has 4 nitrogen and oxygen atoms in total. The van der Waals surface area contributed by atoms with Crippen LogP contribution in [0.15, 0.2) is 42.7 Å². The van der Waals surface area contributed by atoms with Crippen LogP contribution >= 0.6 is 0 Å². The fraction of sp³-hybridized carbons (Fsp3) is 0.143. The zero-order valence-electron chi connectivity index (χ0n) is 10.1. The van der Waals surface area contributed by atoms with Crippen LogP contribution < -0.4 is 5.73 Å². The van der Waals surface area contributed by atoms with Gasteiger partial charge in [0.25, 0.3) is 0 Å². The molecule has 1 aromatic heterocycles. The summed E-state index contributed by atoms with van der Waals surface area (Å²) in [7, 11) is 0. The van der Waals surface area contributed by atoms with Gasteiger partial charge in [-0.15, -0.1) is 0 Å². The minimum absolute atomic E-state index is 0.209. The lowest BCUT2D eigenvalue weighted by atomic mass is 10.1. The van der Waals surface area contributed by atoms with Gasteiger partial charge < -0.3 is 10.5 Å². The van der Waals surface area contributed by atoms with Crippen molar-refractivity contribution in [2.24, 2.45) is 0 Å². The SMILES string of the molecule is Cc1ccc(N)cc1C(=O)OCc1cccnc1. The molecule has 18 heavy (non-hydrogen) atoms. The molecule has 0 fully saturated rings. The van der Waals surface area contributed by atoms with Crippen LogP contribution in [0.5, 0.6) is 0 Å². The number of anilines is 1. The summed E-state index contributed by atoms with van der Waals surface area (Å²) < 4.78 is 5.22. The van der Waals surface area contributed by atoms with Crippen molar-refractivity contribution in [1.29, 1.82) is 0 Å². The number of carbonyl (C=O) groups excluding carboxylic acids is 1. The average molecular weight is 242 g/mol. The van der Waals surface area contributed by atoms with Gasteiger partial charge in [0.05, 0.1) is 5.56 Å². The number of nitrogens with zero attached hydrogens (tertiary/aromatic N) is 1. The van der Waals surface area contributed by atoms with Crippen molar-refractivity contribution >= 4 is 11.7 Å². The van der Waals surface area contributed by atoms with Crippen molar-refractivity contribution in [3.8, 4) is 0 Å². The van der Waals surface area contributed by atoms with Crippen LogP contribution in [0.3, 0.4) is 0 Å². The highest BCUT2D eigenvalue weighted by Gasteiger charge is 2.10. The van der Waals surface area contributed by atoms with E-state index >= 15 is 0 Å². The van der Waals surface area contributed by atoms with Crippen molar-refractivity contribution in [2.45, 2.75) is 13.5 Å². The summed E-state index contributed by atoms with van der Waals surface area (Å²) in [6.07, 6.45) is 3.34. The lowest BCUT2D eigenvalue weighted by molar-refractivity contribution is 0.0471. The predicted octanol–water partition coefficient (Wildman–Crippen LogP) is 2.33. The summed E-state index contributed by atoms with van der Waals surface area (Å²) >= 11 is 0. The van der Waals surface area contributed by atoms with Crippen molar-refractivity contribution in [1.82, 2.24) is 4.98 Å². The van der Waals surface area contributed by atoms with Crippen LogP contribution in [0.4, 0.5) is 5.69 Å². The number of hydrogen-bond acceptors (Lipinski definition) is 4. The Morgan fingerprint density at radius 2 is 2.22 bits per heavy atom. The van der Waals surface area contributed by atoms with E-state index in [0.717, 1.165) is 11.1 Å². The first-order valence-electron chi connectivity index (χ1n) is 5.59. The Kier molecular flexibility index (Phi) is 3.57. The molecule has 0 aliphatic rings. The first-order valence-corrected chi connectivity index (χ1v) is 5.59. The van der Waals surface area contributed by atoms with E-state index in [1.165, 1.54) is 0 Å². The summed E-state index contributed by atoms with van der Waals surface area (Å²) in [5, 5.41) is 0. The van der Waals surface area contributed by atoms with Crippen LogP contribution in [0.1, 0.15) is 21.5 Å². The van der Waals surface area contributed by atoms with E-state index in [1.54, 1.807) is 36.7 Å². The summed E-state index contributed by atoms with van der Waals surface area (Å²) in [4.78, 5) is 15.8. The van der Waals surface area contributed by atoms with Gasteiger partial charge in [0.1, 0.15) is 6.61 Å². The highest BCUT2D eigenvalue weighted by atomic mass is 16.5.